The number of ether oxygens (including phenoxy) is 1. The predicted octanol–water partition coefficient (Wildman–Crippen LogP) is 5.65. The van der Waals surface area contributed by atoms with Gasteiger partial charge in [0, 0.05) is 23.8 Å². The molecule has 1 N–H and O–H groups in total. The van der Waals surface area contributed by atoms with Gasteiger partial charge in [-0.25, -0.2) is 8.42 Å². The van der Waals surface area contributed by atoms with Crippen molar-refractivity contribution in [3.8, 4) is 5.75 Å². The molecule has 0 saturated carbocycles. The Kier molecular flexibility index (Phi) is 8.21. The van der Waals surface area contributed by atoms with Crippen molar-refractivity contribution in [1.29, 1.82) is 0 Å². The van der Waals surface area contributed by atoms with Crippen molar-refractivity contribution in [3.05, 3.63) is 88.4 Å². The molecular weight excluding hydrogens is 507 g/mol. The number of likely N-dealkylation sites (tertiary alicyclic amines) is 1. The Hall–Kier alpha value is -2.74. The van der Waals surface area contributed by atoms with Gasteiger partial charge >= 0.3 is 0 Å². The van der Waals surface area contributed by atoms with Gasteiger partial charge in [-0.3, -0.25) is 9.52 Å². The number of sulfonamides is 1. The van der Waals surface area contributed by atoms with Crippen LogP contribution in [0.4, 0.5) is 5.69 Å². The summed E-state index contributed by atoms with van der Waals surface area (Å²) in [6, 6.07) is 20.8. The largest absolute Gasteiger partial charge is 0.482 e. The molecule has 0 atom stereocenters. The van der Waals surface area contributed by atoms with Gasteiger partial charge in [-0.1, -0.05) is 53.5 Å². The van der Waals surface area contributed by atoms with Gasteiger partial charge in [-0.2, -0.15) is 0 Å². The Bertz CT molecular complexity index is 1260. The third kappa shape index (κ3) is 6.90. The highest BCUT2D eigenvalue weighted by atomic mass is 35.5. The Morgan fingerprint density at radius 1 is 0.971 bits per heavy atom. The van der Waals surface area contributed by atoms with Crippen molar-refractivity contribution in [2.45, 2.75) is 24.2 Å². The van der Waals surface area contributed by atoms with E-state index in [1.54, 1.807) is 24.3 Å². The normalized spacial score (nSPS) is 14.5. The first-order valence-corrected chi connectivity index (χ1v) is 13.6. The third-order valence-corrected chi connectivity index (χ3v) is 7.92. The van der Waals surface area contributed by atoms with E-state index < -0.39 is 10.0 Å². The van der Waals surface area contributed by atoms with Gasteiger partial charge in [-0.05, 0) is 73.2 Å². The van der Waals surface area contributed by atoms with Gasteiger partial charge in [0.15, 0.2) is 6.61 Å². The van der Waals surface area contributed by atoms with Gasteiger partial charge < -0.3 is 9.64 Å². The summed E-state index contributed by atoms with van der Waals surface area (Å²) in [6.07, 6.45) is 2.93. The Balaban J connectivity index is 1.29. The molecular formula is C26H26Cl2N2O4S. The minimum Gasteiger partial charge on any atom is -0.482 e. The van der Waals surface area contributed by atoms with Crippen LogP contribution in [0.25, 0.3) is 0 Å². The molecule has 4 rings (SSSR count). The second-order valence-electron chi connectivity index (χ2n) is 8.51. The van der Waals surface area contributed by atoms with Crippen molar-refractivity contribution < 1.29 is 17.9 Å². The van der Waals surface area contributed by atoms with E-state index in [4.69, 9.17) is 27.9 Å². The molecule has 184 valence electrons. The molecule has 0 radical (unpaired) electrons. The Labute approximate surface area is 215 Å². The van der Waals surface area contributed by atoms with Crippen LogP contribution in [0.5, 0.6) is 5.75 Å². The first kappa shape index (κ1) is 25.4. The van der Waals surface area contributed by atoms with Crippen LogP contribution in [0.2, 0.25) is 10.0 Å². The van der Waals surface area contributed by atoms with Crippen LogP contribution in [0, 0.1) is 5.92 Å². The van der Waals surface area contributed by atoms with Crippen molar-refractivity contribution in [1.82, 2.24) is 4.90 Å². The number of rotatable bonds is 8. The fraction of sp³-hybridized carbons (Fsp3) is 0.269. The van der Waals surface area contributed by atoms with Gasteiger partial charge in [0.2, 0.25) is 0 Å². The van der Waals surface area contributed by atoms with E-state index >= 15 is 0 Å². The molecule has 0 aliphatic carbocycles. The van der Waals surface area contributed by atoms with Crippen LogP contribution < -0.4 is 9.46 Å². The quantitative estimate of drug-likeness (QED) is 0.406. The van der Waals surface area contributed by atoms with E-state index in [-0.39, 0.29) is 28.2 Å². The zero-order valence-electron chi connectivity index (χ0n) is 19.0. The molecule has 1 saturated heterocycles. The van der Waals surface area contributed by atoms with E-state index in [0.29, 0.717) is 29.7 Å². The molecule has 1 aliphatic rings. The minimum absolute atomic E-state index is 0.0170. The SMILES string of the molecule is O=C(COc1ccc(S(=O)(=O)Nc2ccc(Cl)cc2)cc1Cl)N1CCC(Cc2ccccc2)CC1. The summed E-state index contributed by atoms with van der Waals surface area (Å²) < 4.78 is 33.4. The zero-order chi connectivity index (χ0) is 24.8. The third-order valence-electron chi connectivity index (χ3n) is 6.00. The van der Waals surface area contributed by atoms with E-state index in [9.17, 15) is 13.2 Å². The molecule has 1 amide bonds. The lowest BCUT2D eigenvalue weighted by Gasteiger charge is -2.32. The van der Waals surface area contributed by atoms with Gasteiger partial charge in [-0.15, -0.1) is 0 Å². The van der Waals surface area contributed by atoms with Gasteiger partial charge in [0.1, 0.15) is 5.75 Å². The molecule has 1 heterocycles. The Morgan fingerprint density at radius 2 is 1.66 bits per heavy atom. The van der Waals surface area contributed by atoms with Crippen LogP contribution in [-0.4, -0.2) is 38.9 Å². The second-order valence-corrected chi connectivity index (χ2v) is 11.0. The number of amides is 1. The molecule has 3 aromatic rings. The monoisotopic (exact) mass is 532 g/mol. The number of nitrogens with one attached hydrogen (secondary N) is 1. The van der Waals surface area contributed by atoms with Crippen LogP contribution in [0.3, 0.4) is 0 Å². The number of hydrogen-bond donors (Lipinski definition) is 1. The highest BCUT2D eigenvalue weighted by molar-refractivity contribution is 7.92. The maximum Gasteiger partial charge on any atom is 0.261 e. The first-order valence-electron chi connectivity index (χ1n) is 11.3. The lowest BCUT2D eigenvalue weighted by Crippen LogP contribution is -2.41. The number of carbonyl (C=O) groups is 1. The van der Waals surface area contributed by atoms with E-state index in [1.807, 2.05) is 11.0 Å². The smallest absolute Gasteiger partial charge is 0.261 e. The maximum absolute atomic E-state index is 12.7. The molecule has 0 bridgehead atoms. The molecule has 1 fully saturated rings. The van der Waals surface area contributed by atoms with Crippen LogP contribution in [0.15, 0.2) is 77.7 Å². The second kappa shape index (κ2) is 11.3. The minimum atomic E-state index is -3.85. The topological polar surface area (TPSA) is 75.7 Å². The summed E-state index contributed by atoms with van der Waals surface area (Å²) in [5.41, 5.74) is 1.70. The Morgan fingerprint density at radius 3 is 2.31 bits per heavy atom. The number of hydrogen-bond acceptors (Lipinski definition) is 4. The molecule has 6 nitrogen and oxygen atoms in total. The number of nitrogens with zero attached hydrogens (tertiary/aromatic N) is 1. The highest BCUT2D eigenvalue weighted by Gasteiger charge is 2.24. The molecule has 1 aliphatic heterocycles. The molecule has 35 heavy (non-hydrogen) atoms. The summed E-state index contributed by atoms with van der Waals surface area (Å²) >= 11 is 12.1. The average molecular weight is 533 g/mol. The summed E-state index contributed by atoms with van der Waals surface area (Å²) in [4.78, 5) is 14.4. The maximum atomic E-state index is 12.7. The zero-order valence-corrected chi connectivity index (χ0v) is 21.3. The molecule has 0 aromatic heterocycles. The molecule has 9 heteroatoms. The van der Waals surface area contributed by atoms with Crippen molar-refractivity contribution in [2.75, 3.05) is 24.4 Å². The van der Waals surface area contributed by atoms with Gasteiger partial charge in [0.05, 0.1) is 9.92 Å². The first-order chi connectivity index (χ1) is 16.8. The molecule has 3 aromatic carbocycles. The van der Waals surface area contributed by atoms with E-state index in [2.05, 4.69) is 29.0 Å². The van der Waals surface area contributed by atoms with Gasteiger partial charge in [0.25, 0.3) is 15.9 Å². The fourth-order valence-electron chi connectivity index (χ4n) is 4.06. The standard InChI is InChI=1S/C26H26Cl2N2O4S/c27-21-6-8-22(9-7-21)29-35(32,33)23-10-11-25(24(28)17-23)34-18-26(31)30-14-12-20(13-15-30)16-19-4-2-1-3-5-19/h1-11,17,20,29H,12-16,18H2. The highest BCUT2D eigenvalue weighted by Crippen LogP contribution is 2.29. The number of piperidine rings is 1. The van der Waals surface area contributed by atoms with Crippen molar-refractivity contribution in [2.24, 2.45) is 5.92 Å². The summed E-state index contributed by atoms with van der Waals surface area (Å²) in [5.74, 6) is 0.706. The predicted molar refractivity (Wildman–Crippen MR) is 139 cm³/mol. The molecule has 0 spiro atoms. The number of halogens is 2. The van der Waals surface area contributed by atoms with Crippen molar-refractivity contribution in [3.63, 3.8) is 0 Å². The fourth-order valence-corrected chi connectivity index (χ4v) is 5.57. The molecule has 0 unspecified atom stereocenters. The number of anilines is 1. The summed E-state index contributed by atoms with van der Waals surface area (Å²) in [6.45, 7) is 1.24. The summed E-state index contributed by atoms with van der Waals surface area (Å²) in [7, 11) is -3.85. The van der Waals surface area contributed by atoms with E-state index in [1.165, 1.54) is 23.8 Å². The van der Waals surface area contributed by atoms with Crippen LogP contribution in [0.1, 0.15) is 18.4 Å². The van der Waals surface area contributed by atoms with Crippen LogP contribution in [-0.2, 0) is 21.2 Å². The average Bonchev–Trinajstić information content (AvgIpc) is 2.85. The van der Waals surface area contributed by atoms with Crippen LogP contribution >= 0.6 is 23.2 Å². The lowest BCUT2D eigenvalue weighted by atomic mass is 9.90. The summed E-state index contributed by atoms with van der Waals surface area (Å²) in [5, 5.41) is 0.613. The number of benzene rings is 3. The number of carbonyl (C=O) groups excluding carboxylic acids is 1. The lowest BCUT2D eigenvalue weighted by molar-refractivity contribution is -0.134. The van der Waals surface area contributed by atoms with E-state index in [0.717, 1.165) is 19.3 Å². The van der Waals surface area contributed by atoms with Crippen molar-refractivity contribution >= 4 is 44.8 Å².